The summed E-state index contributed by atoms with van der Waals surface area (Å²) in [5.74, 6) is 0. The zero-order chi connectivity index (χ0) is 6.69. The van der Waals surface area contributed by atoms with Crippen LogP contribution in [-0.2, 0) is 0 Å². The maximum atomic E-state index is 2.18. The van der Waals surface area contributed by atoms with Crippen molar-refractivity contribution in [2.75, 3.05) is 13.7 Å². The van der Waals surface area contributed by atoms with E-state index in [0.717, 1.165) is 13.1 Å². The monoisotopic (exact) mass is 125 g/mol. The van der Waals surface area contributed by atoms with E-state index in [0.29, 0.717) is 0 Å². The zero-order valence-corrected chi connectivity index (χ0v) is 6.04. The fourth-order valence-corrected chi connectivity index (χ4v) is 0.904. The van der Waals surface area contributed by atoms with Crippen LogP contribution in [0.5, 0.6) is 0 Å². The van der Waals surface area contributed by atoms with E-state index in [9.17, 15) is 0 Å². The van der Waals surface area contributed by atoms with Crippen molar-refractivity contribution in [1.29, 1.82) is 0 Å². The van der Waals surface area contributed by atoms with Crippen LogP contribution in [0.3, 0.4) is 0 Å². The lowest BCUT2D eigenvalue weighted by atomic mass is 10.5. The lowest BCUT2D eigenvalue weighted by Gasteiger charge is -1.98. The van der Waals surface area contributed by atoms with Gasteiger partial charge in [0.25, 0.3) is 0 Å². The molecule has 1 aliphatic rings. The Kier molecular flexibility index (Phi) is 1.88. The van der Waals surface area contributed by atoms with Gasteiger partial charge in [0, 0.05) is 13.5 Å². The van der Waals surface area contributed by atoms with Crippen molar-refractivity contribution >= 4 is 6.21 Å². The molecular formula is C7H13N2+. The molecule has 1 rings (SSSR count). The first-order chi connectivity index (χ1) is 4.33. The standard InChI is InChI=1S/C7H13N2/c1-3-4-9-6-5-8(2)7-9/h4-6H,3,7H2,1-2H3/q+1. The lowest BCUT2D eigenvalue weighted by Crippen LogP contribution is -2.14. The van der Waals surface area contributed by atoms with Crippen LogP contribution in [0.2, 0.25) is 0 Å². The Morgan fingerprint density at radius 2 is 2.56 bits per heavy atom. The topological polar surface area (TPSA) is 6.25 Å². The first-order valence-corrected chi connectivity index (χ1v) is 3.30. The predicted molar refractivity (Wildman–Crippen MR) is 38.4 cm³/mol. The van der Waals surface area contributed by atoms with Gasteiger partial charge in [-0.05, 0) is 0 Å². The average molecular weight is 125 g/mol. The molecule has 0 spiro atoms. The van der Waals surface area contributed by atoms with Gasteiger partial charge < -0.3 is 4.90 Å². The number of hydrogen-bond donors (Lipinski definition) is 0. The fourth-order valence-electron chi connectivity index (χ4n) is 0.904. The predicted octanol–water partition coefficient (Wildman–Crippen LogP) is 0.854. The van der Waals surface area contributed by atoms with Crippen LogP contribution in [0.15, 0.2) is 12.4 Å². The highest BCUT2D eigenvalue weighted by atomic mass is 15.3. The molecule has 0 aliphatic carbocycles. The van der Waals surface area contributed by atoms with Gasteiger partial charge in [0.2, 0.25) is 6.67 Å². The van der Waals surface area contributed by atoms with E-state index in [-0.39, 0.29) is 0 Å². The third kappa shape index (κ3) is 1.56. The Hall–Kier alpha value is -0.790. The normalized spacial score (nSPS) is 22.0. The Morgan fingerprint density at radius 3 is 3.00 bits per heavy atom. The molecule has 0 bridgehead atoms. The van der Waals surface area contributed by atoms with E-state index in [1.165, 1.54) is 0 Å². The summed E-state index contributed by atoms with van der Waals surface area (Å²) in [7, 11) is 2.07. The van der Waals surface area contributed by atoms with Gasteiger partial charge in [-0.15, -0.1) is 0 Å². The molecule has 0 aromatic carbocycles. The second kappa shape index (κ2) is 2.67. The van der Waals surface area contributed by atoms with E-state index in [2.05, 4.69) is 42.1 Å². The molecule has 9 heavy (non-hydrogen) atoms. The summed E-state index contributed by atoms with van der Waals surface area (Å²) in [5.41, 5.74) is 0. The smallest absolute Gasteiger partial charge is 0.223 e. The molecule has 0 saturated carbocycles. The highest BCUT2D eigenvalue weighted by Gasteiger charge is 2.08. The minimum atomic E-state index is 1.01. The minimum Gasteiger partial charge on any atom is -0.321 e. The molecule has 0 amide bonds. The largest absolute Gasteiger partial charge is 0.321 e. The van der Waals surface area contributed by atoms with Gasteiger partial charge in [-0.3, -0.25) is 0 Å². The van der Waals surface area contributed by atoms with Gasteiger partial charge in [0.1, 0.15) is 6.21 Å². The molecule has 2 heteroatoms. The van der Waals surface area contributed by atoms with Crippen molar-refractivity contribution in [2.24, 2.45) is 0 Å². The van der Waals surface area contributed by atoms with E-state index < -0.39 is 0 Å². The van der Waals surface area contributed by atoms with Crippen molar-refractivity contribution in [3.63, 3.8) is 0 Å². The molecule has 0 fully saturated rings. The second-order valence-corrected chi connectivity index (χ2v) is 2.30. The minimum absolute atomic E-state index is 1.01. The van der Waals surface area contributed by atoms with E-state index in [1.807, 2.05) is 0 Å². The molecule has 0 atom stereocenters. The molecule has 0 unspecified atom stereocenters. The van der Waals surface area contributed by atoms with Gasteiger partial charge >= 0.3 is 0 Å². The molecule has 0 saturated heterocycles. The van der Waals surface area contributed by atoms with Crippen LogP contribution in [0.1, 0.15) is 13.3 Å². The molecule has 2 nitrogen and oxygen atoms in total. The van der Waals surface area contributed by atoms with Crippen molar-refractivity contribution < 1.29 is 4.58 Å². The first-order valence-electron chi connectivity index (χ1n) is 3.30. The summed E-state index contributed by atoms with van der Waals surface area (Å²) in [6, 6.07) is 0. The van der Waals surface area contributed by atoms with Crippen molar-refractivity contribution in [3.05, 3.63) is 12.4 Å². The third-order valence-corrected chi connectivity index (χ3v) is 1.32. The summed E-state index contributed by atoms with van der Waals surface area (Å²) >= 11 is 0. The summed E-state index contributed by atoms with van der Waals surface area (Å²) in [6.07, 6.45) is 7.45. The van der Waals surface area contributed by atoms with Crippen LogP contribution < -0.4 is 0 Å². The van der Waals surface area contributed by atoms with Crippen LogP contribution in [0.4, 0.5) is 0 Å². The first kappa shape index (κ1) is 6.33. The molecule has 0 N–H and O–H groups in total. The molecule has 0 aromatic heterocycles. The summed E-state index contributed by atoms with van der Waals surface area (Å²) < 4.78 is 2.18. The van der Waals surface area contributed by atoms with Gasteiger partial charge in [-0.25, -0.2) is 0 Å². The lowest BCUT2D eigenvalue weighted by molar-refractivity contribution is -0.458. The highest BCUT2D eigenvalue weighted by molar-refractivity contribution is 5.50. The summed E-state index contributed by atoms with van der Waals surface area (Å²) in [4.78, 5) is 2.14. The van der Waals surface area contributed by atoms with Gasteiger partial charge in [0.05, 0.1) is 6.20 Å². The zero-order valence-electron chi connectivity index (χ0n) is 6.04. The SMILES string of the molecule is CCC=[N+]1C=CN(C)C1. The van der Waals surface area contributed by atoms with Gasteiger partial charge in [-0.1, -0.05) is 6.92 Å². The van der Waals surface area contributed by atoms with E-state index in [1.54, 1.807) is 0 Å². The Balaban J connectivity index is 2.50. The quantitative estimate of drug-likeness (QED) is 0.471. The number of nitrogens with zero attached hydrogens (tertiary/aromatic N) is 2. The van der Waals surface area contributed by atoms with Gasteiger partial charge in [-0.2, -0.15) is 4.58 Å². The van der Waals surface area contributed by atoms with Gasteiger partial charge in [0.15, 0.2) is 6.20 Å². The second-order valence-electron chi connectivity index (χ2n) is 2.30. The highest BCUT2D eigenvalue weighted by Crippen LogP contribution is 1.95. The molecule has 0 radical (unpaired) electrons. The molecular weight excluding hydrogens is 112 g/mol. The van der Waals surface area contributed by atoms with Crippen LogP contribution >= 0.6 is 0 Å². The van der Waals surface area contributed by atoms with Crippen molar-refractivity contribution in [3.8, 4) is 0 Å². The fraction of sp³-hybridized carbons (Fsp3) is 0.571. The van der Waals surface area contributed by atoms with Crippen LogP contribution in [0.25, 0.3) is 0 Å². The van der Waals surface area contributed by atoms with Crippen LogP contribution in [-0.4, -0.2) is 29.4 Å². The number of hydrogen-bond acceptors (Lipinski definition) is 1. The molecule has 50 valence electrons. The maximum absolute atomic E-state index is 2.18. The molecule has 1 heterocycles. The van der Waals surface area contributed by atoms with Crippen molar-refractivity contribution in [1.82, 2.24) is 4.90 Å². The maximum Gasteiger partial charge on any atom is 0.223 e. The Bertz CT molecular complexity index is 147. The Morgan fingerprint density at radius 1 is 1.78 bits per heavy atom. The average Bonchev–Trinajstić information content (AvgIpc) is 2.17. The van der Waals surface area contributed by atoms with Crippen LogP contribution in [0, 0.1) is 0 Å². The van der Waals surface area contributed by atoms with E-state index in [4.69, 9.17) is 0 Å². The molecule has 0 aromatic rings. The molecule has 1 aliphatic heterocycles. The summed E-state index contributed by atoms with van der Waals surface area (Å²) in [6.45, 7) is 3.15. The summed E-state index contributed by atoms with van der Waals surface area (Å²) in [5, 5.41) is 0. The third-order valence-electron chi connectivity index (χ3n) is 1.32. The van der Waals surface area contributed by atoms with Crippen molar-refractivity contribution in [2.45, 2.75) is 13.3 Å². The van der Waals surface area contributed by atoms with E-state index >= 15 is 0 Å². The Labute approximate surface area is 56.1 Å². The number of rotatable bonds is 1.